The number of nitrogens with one attached hydrogen (secondary N) is 1. The van der Waals surface area contributed by atoms with Crippen LogP contribution in [0.1, 0.15) is 0 Å². The summed E-state index contributed by atoms with van der Waals surface area (Å²) in [7, 11) is 0. The number of hydrogen-bond acceptors (Lipinski definition) is 6. The van der Waals surface area contributed by atoms with Gasteiger partial charge in [-0.05, 0) is 23.9 Å². The zero-order chi connectivity index (χ0) is 15.2. The van der Waals surface area contributed by atoms with E-state index in [0.29, 0.717) is 0 Å². The van der Waals surface area contributed by atoms with Gasteiger partial charge in [0.15, 0.2) is 11.6 Å². The largest absolute Gasteiger partial charge is 0.271 e. The van der Waals surface area contributed by atoms with Gasteiger partial charge in [0.2, 0.25) is 5.16 Å². The molecule has 0 spiro atoms. The lowest BCUT2D eigenvalue weighted by Gasteiger charge is -2.18. The first-order valence-corrected chi connectivity index (χ1v) is 7.93. The van der Waals surface area contributed by atoms with Crippen LogP contribution in [-0.2, 0) is 0 Å². The van der Waals surface area contributed by atoms with Crippen LogP contribution in [0.25, 0.3) is 22.4 Å². The van der Waals surface area contributed by atoms with E-state index in [9.17, 15) is 0 Å². The van der Waals surface area contributed by atoms with Gasteiger partial charge in [-0.25, -0.2) is 14.6 Å². The third-order valence-corrected chi connectivity index (χ3v) is 4.53. The van der Waals surface area contributed by atoms with Gasteiger partial charge in [0.1, 0.15) is 5.03 Å². The lowest BCUT2D eigenvalue weighted by atomic mass is 10.2. The highest BCUT2D eigenvalue weighted by molar-refractivity contribution is 7.99. The Kier molecular flexibility index (Phi) is 2.62. The molecule has 0 fully saturated rings. The summed E-state index contributed by atoms with van der Waals surface area (Å²) >= 11 is 1.47. The number of anilines is 1. The van der Waals surface area contributed by atoms with Crippen LogP contribution < -0.4 is 5.43 Å². The Balaban J connectivity index is 1.64. The molecule has 0 saturated heterocycles. The normalized spacial score (nSPS) is 12.5. The first-order chi connectivity index (χ1) is 11.4. The summed E-state index contributed by atoms with van der Waals surface area (Å²) in [5.74, 6) is 1.48. The molecule has 0 amide bonds. The molecule has 7 heteroatoms. The lowest BCUT2D eigenvalue weighted by molar-refractivity contribution is 0.792. The molecule has 0 radical (unpaired) electrons. The highest BCUT2D eigenvalue weighted by Crippen LogP contribution is 2.37. The maximum absolute atomic E-state index is 4.66. The third kappa shape index (κ3) is 1.97. The number of aromatic nitrogens is 5. The number of hydrogen-bond donors (Lipinski definition) is 1. The van der Waals surface area contributed by atoms with Gasteiger partial charge in [-0.3, -0.25) is 5.43 Å². The predicted octanol–water partition coefficient (Wildman–Crippen LogP) is 3.23. The summed E-state index contributed by atoms with van der Waals surface area (Å²) < 4.78 is 1.85. The maximum atomic E-state index is 4.66. The number of nitrogens with zero attached hydrogens (tertiary/aromatic N) is 5. The second kappa shape index (κ2) is 4.79. The van der Waals surface area contributed by atoms with Gasteiger partial charge in [0, 0.05) is 5.56 Å². The van der Waals surface area contributed by atoms with Crippen LogP contribution in [0.2, 0.25) is 0 Å². The van der Waals surface area contributed by atoms with Crippen molar-refractivity contribution < 1.29 is 0 Å². The van der Waals surface area contributed by atoms with Crippen molar-refractivity contribution in [1.29, 1.82) is 0 Å². The summed E-state index contributed by atoms with van der Waals surface area (Å²) in [6.07, 6.45) is 0. The van der Waals surface area contributed by atoms with Crippen molar-refractivity contribution in [2.24, 2.45) is 0 Å². The molecular formula is C16H10N6S. The first-order valence-electron chi connectivity index (χ1n) is 7.11. The number of fused-ring (bicyclic) bond motifs is 3. The fourth-order valence-electron chi connectivity index (χ4n) is 2.53. The Bertz CT molecular complexity index is 1030. The van der Waals surface area contributed by atoms with Gasteiger partial charge in [-0.15, -0.1) is 10.2 Å². The number of benzene rings is 2. The van der Waals surface area contributed by atoms with Crippen LogP contribution in [-0.4, -0.2) is 24.8 Å². The summed E-state index contributed by atoms with van der Waals surface area (Å²) in [5.41, 5.74) is 6.00. The second-order valence-electron chi connectivity index (χ2n) is 5.09. The molecule has 0 aliphatic carbocycles. The Morgan fingerprint density at radius 2 is 1.57 bits per heavy atom. The molecule has 1 aliphatic rings. The van der Waals surface area contributed by atoms with Gasteiger partial charge >= 0.3 is 0 Å². The Morgan fingerprint density at radius 3 is 2.39 bits per heavy atom. The molecule has 0 unspecified atom stereocenters. The van der Waals surface area contributed by atoms with Gasteiger partial charge in [0.25, 0.3) is 0 Å². The van der Waals surface area contributed by atoms with E-state index in [2.05, 4.69) is 25.6 Å². The Hall–Kier alpha value is -2.93. The van der Waals surface area contributed by atoms with E-state index in [1.807, 2.05) is 59.3 Å². The quantitative estimate of drug-likeness (QED) is 0.512. The minimum absolute atomic E-state index is 0.721. The highest BCUT2D eigenvalue weighted by Gasteiger charge is 2.24. The van der Waals surface area contributed by atoms with Crippen molar-refractivity contribution >= 4 is 28.6 Å². The predicted molar refractivity (Wildman–Crippen MR) is 88.1 cm³/mol. The van der Waals surface area contributed by atoms with E-state index in [4.69, 9.17) is 0 Å². The SMILES string of the molecule is c1ccc(-c2nnc3n2Nc2nc4ccccc4nc2S3)cc1. The van der Waals surface area contributed by atoms with Gasteiger partial charge in [-0.2, -0.15) is 0 Å². The topological polar surface area (TPSA) is 68.5 Å². The van der Waals surface area contributed by atoms with Crippen molar-refractivity contribution in [3.05, 3.63) is 54.6 Å². The van der Waals surface area contributed by atoms with Crippen LogP contribution in [0.5, 0.6) is 0 Å². The minimum atomic E-state index is 0.721. The lowest BCUT2D eigenvalue weighted by Crippen LogP contribution is -2.18. The highest BCUT2D eigenvalue weighted by atomic mass is 32.2. The smallest absolute Gasteiger partial charge is 0.217 e. The molecule has 6 nitrogen and oxygen atoms in total. The molecule has 110 valence electrons. The third-order valence-electron chi connectivity index (χ3n) is 3.61. The summed E-state index contributed by atoms with van der Waals surface area (Å²) in [6, 6.07) is 17.8. The van der Waals surface area contributed by atoms with E-state index >= 15 is 0 Å². The number of para-hydroxylation sites is 2. The average molecular weight is 318 g/mol. The van der Waals surface area contributed by atoms with E-state index in [1.54, 1.807) is 0 Å². The molecule has 0 saturated carbocycles. The Labute approximate surface area is 135 Å². The van der Waals surface area contributed by atoms with Crippen LogP contribution in [0.15, 0.2) is 64.8 Å². The van der Waals surface area contributed by atoms with Crippen LogP contribution in [0.3, 0.4) is 0 Å². The second-order valence-corrected chi connectivity index (χ2v) is 6.04. The summed E-state index contributed by atoms with van der Waals surface area (Å²) in [5, 5.41) is 10.1. The standard InChI is InChI=1S/C16H10N6S/c1-2-6-10(7-3-1)14-19-20-16-22(14)21-13-15(23-16)18-12-9-5-4-8-11(12)17-13/h1-9H,(H,17,21). The molecule has 3 heterocycles. The zero-order valence-electron chi connectivity index (χ0n) is 11.8. The molecule has 1 N–H and O–H groups in total. The average Bonchev–Trinajstić information content (AvgIpc) is 3.01. The van der Waals surface area contributed by atoms with E-state index in [-0.39, 0.29) is 0 Å². The molecule has 2 aromatic heterocycles. The van der Waals surface area contributed by atoms with Crippen LogP contribution in [0, 0.1) is 0 Å². The molecule has 2 aromatic carbocycles. The maximum Gasteiger partial charge on any atom is 0.217 e. The Morgan fingerprint density at radius 1 is 0.826 bits per heavy atom. The van der Waals surface area contributed by atoms with Crippen LogP contribution in [0.4, 0.5) is 5.82 Å². The van der Waals surface area contributed by atoms with Gasteiger partial charge < -0.3 is 0 Å². The molecule has 1 aliphatic heterocycles. The molecule has 0 atom stereocenters. The number of rotatable bonds is 1. The molecule has 23 heavy (non-hydrogen) atoms. The first kappa shape index (κ1) is 12.6. The van der Waals surface area contributed by atoms with Gasteiger partial charge in [0.05, 0.1) is 11.0 Å². The summed E-state index contributed by atoms with van der Waals surface area (Å²) in [6.45, 7) is 0. The van der Waals surface area contributed by atoms with Crippen LogP contribution >= 0.6 is 11.8 Å². The minimum Gasteiger partial charge on any atom is -0.271 e. The fourth-order valence-corrected chi connectivity index (χ4v) is 3.34. The molecule has 5 rings (SSSR count). The monoisotopic (exact) mass is 318 g/mol. The van der Waals surface area contributed by atoms with Crippen molar-refractivity contribution in [3.8, 4) is 11.4 Å². The molecule has 4 aromatic rings. The van der Waals surface area contributed by atoms with Crippen molar-refractivity contribution in [1.82, 2.24) is 24.8 Å². The molecule has 0 bridgehead atoms. The summed E-state index contributed by atoms with van der Waals surface area (Å²) in [4.78, 5) is 9.31. The van der Waals surface area contributed by atoms with Crippen molar-refractivity contribution in [2.45, 2.75) is 10.2 Å². The van der Waals surface area contributed by atoms with Gasteiger partial charge in [-0.1, -0.05) is 42.5 Å². The van der Waals surface area contributed by atoms with E-state index < -0.39 is 0 Å². The fraction of sp³-hybridized carbons (Fsp3) is 0. The van der Waals surface area contributed by atoms with Crippen molar-refractivity contribution in [3.63, 3.8) is 0 Å². The van der Waals surface area contributed by atoms with E-state index in [0.717, 1.165) is 38.4 Å². The molecular weight excluding hydrogens is 308 g/mol. The van der Waals surface area contributed by atoms with Crippen molar-refractivity contribution in [2.75, 3.05) is 5.43 Å². The zero-order valence-corrected chi connectivity index (χ0v) is 12.7. The van der Waals surface area contributed by atoms with E-state index in [1.165, 1.54) is 11.8 Å².